The summed E-state index contributed by atoms with van der Waals surface area (Å²) in [5.41, 5.74) is 1.00. The van der Waals surface area contributed by atoms with E-state index in [1.165, 1.54) is 0 Å². The Morgan fingerprint density at radius 1 is 1.24 bits per heavy atom. The van der Waals surface area contributed by atoms with Crippen LogP contribution in [0.2, 0.25) is 0 Å². The quantitative estimate of drug-likeness (QED) is 0.915. The molecule has 1 saturated heterocycles. The monoisotopic (exact) mass is 272 g/mol. The van der Waals surface area contributed by atoms with Crippen molar-refractivity contribution < 1.29 is 4.79 Å². The molecule has 1 aliphatic rings. The highest BCUT2D eigenvalue weighted by atomic mass is 35.5. The van der Waals surface area contributed by atoms with Crippen LogP contribution in [0.5, 0.6) is 0 Å². The maximum absolute atomic E-state index is 11.8. The first-order chi connectivity index (χ1) is 7.86. The molecule has 2 rings (SSSR count). The summed E-state index contributed by atoms with van der Waals surface area (Å²) in [4.78, 5) is 13.8. The molecule has 94 valence electrons. The van der Waals surface area contributed by atoms with Crippen LogP contribution < -0.4 is 5.32 Å². The Balaban J connectivity index is 0.00000144. The molecular formula is C12H17ClN2OS. The van der Waals surface area contributed by atoms with Gasteiger partial charge in [-0.25, -0.2) is 0 Å². The van der Waals surface area contributed by atoms with Gasteiger partial charge >= 0.3 is 0 Å². The Labute approximate surface area is 112 Å². The molecule has 0 unspecified atom stereocenters. The van der Waals surface area contributed by atoms with Crippen molar-refractivity contribution in [3.8, 4) is 0 Å². The lowest BCUT2D eigenvalue weighted by molar-refractivity contribution is -0.128. The molecule has 0 atom stereocenters. The number of halogens is 1. The van der Waals surface area contributed by atoms with Gasteiger partial charge in [0.1, 0.15) is 0 Å². The van der Waals surface area contributed by atoms with Crippen LogP contribution in [0.25, 0.3) is 0 Å². The molecule has 17 heavy (non-hydrogen) atoms. The largest absolute Gasteiger partial charge is 0.376 e. The molecule has 1 aromatic rings. The number of nitrogens with zero attached hydrogens (tertiary/aromatic N) is 1. The van der Waals surface area contributed by atoms with Crippen molar-refractivity contribution in [3.63, 3.8) is 0 Å². The third-order valence-corrected chi connectivity index (χ3v) is 3.52. The van der Waals surface area contributed by atoms with Crippen LogP contribution in [0.1, 0.15) is 0 Å². The summed E-state index contributed by atoms with van der Waals surface area (Å²) < 4.78 is 0. The highest BCUT2D eigenvalue weighted by Gasteiger charge is 2.15. The molecule has 1 heterocycles. The third kappa shape index (κ3) is 4.48. The molecule has 5 heteroatoms. The van der Waals surface area contributed by atoms with Crippen molar-refractivity contribution >= 4 is 35.8 Å². The number of thioether (sulfide) groups is 1. The molecule has 1 aliphatic heterocycles. The number of hydrogen-bond donors (Lipinski definition) is 1. The number of anilines is 1. The minimum Gasteiger partial charge on any atom is -0.376 e. The second kappa shape index (κ2) is 7.45. The zero-order chi connectivity index (χ0) is 11.2. The van der Waals surface area contributed by atoms with Crippen LogP contribution in [0.3, 0.4) is 0 Å². The molecule has 1 amide bonds. The van der Waals surface area contributed by atoms with E-state index in [2.05, 4.69) is 5.32 Å². The number of nitrogens with one attached hydrogen (secondary N) is 1. The molecule has 0 radical (unpaired) electrons. The topological polar surface area (TPSA) is 32.3 Å². The van der Waals surface area contributed by atoms with E-state index >= 15 is 0 Å². The van der Waals surface area contributed by atoms with Gasteiger partial charge in [0, 0.05) is 30.3 Å². The fraction of sp³-hybridized carbons (Fsp3) is 0.417. The summed E-state index contributed by atoms with van der Waals surface area (Å²) in [7, 11) is 0. The number of carbonyl (C=O) groups excluding carboxylic acids is 1. The van der Waals surface area contributed by atoms with Crippen LogP contribution in [0, 0.1) is 0 Å². The van der Waals surface area contributed by atoms with Crippen LogP contribution in [0.15, 0.2) is 30.3 Å². The predicted molar refractivity (Wildman–Crippen MR) is 76.1 cm³/mol. The second-order valence-electron chi connectivity index (χ2n) is 3.71. The molecule has 3 nitrogen and oxygen atoms in total. The summed E-state index contributed by atoms with van der Waals surface area (Å²) in [6.07, 6.45) is 0. The van der Waals surface area contributed by atoms with E-state index in [0.29, 0.717) is 6.54 Å². The molecule has 1 fully saturated rings. The van der Waals surface area contributed by atoms with Crippen molar-refractivity contribution in [3.05, 3.63) is 30.3 Å². The molecule has 0 aromatic heterocycles. The van der Waals surface area contributed by atoms with E-state index < -0.39 is 0 Å². The Morgan fingerprint density at radius 3 is 2.53 bits per heavy atom. The van der Waals surface area contributed by atoms with Gasteiger partial charge < -0.3 is 10.2 Å². The van der Waals surface area contributed by atoms with Crippen LogP contribution >= 0.6 is 24.2 Å². The molecule has 0 saturated carbocycles. The van der Waals surface area contributed by atoms with Crippen LogP contribution in [0.4, 0.5) is 5.69 Å². The van der Waals surface area contributed by atoms with Crippen molar-refractivity contribution in [1.82, 2.24) is 4.90 Å². The third-order valence-electron chi connectivity index (χ3n) is 2.58. The van der Waals surface area contributed by atoms with E-state index in [1.807, 2.05) is 47.0 Å². The summed E-state index contributed by atoms with van der Waals surface area (Å²) >= 11 is 1.92. The number of carbonyl (C=O) groups is 1. The van der Waals surface area contributed by atoms with E-state index in [4.69, 9.17) is 0 Å². The summed E-state index contributed by atoms with van der Waals surface area (Å²) in [6, 6.07) is 9.84. The van der Waals surface area contributed by atoms with Crippen LogP contribution in [-0.2, 0) is 4.79 Å². The van der Waals surface area contributed by atoms with Gasteiger partial charge in [0.25, 0.3) is 0 Å². The van der Waals surface area contributed by atoms with E-state index in [0.717, 1.165) is 30.3 Å². The number of hydrogen-bond acceptors (Lipinski definition) is 3. The number of benzene rings is 1. The first-order valence-corrected chi connectivity index (χ1v) is 6.66. The van der Waals surface area contributed by atoms with Gasteiger partial charge in [-0.1, -0.05) is 18.2 Å². The average Bonchev–Trinajstić information content (AvgIpc) is 2.38. The Kier molecular flexibility index (Phi) is 6.22. The fourth-order valence-corrected chi connectivity index (χ4v) is 2.56. The first-order valence-electron chi connectivity index (χ1n) is 5.51. The van der Waals surface area contributed by atoms with E-state index in [1.54, 1.807) is 0 Å². The maximum Gasteiger partial charge on any atom is 0.241 e. The lowest BCUT2D eigenvalue weighted by Gasteiger charge is -2.26. The number of para-hydroxylation sites is 1. The zero-order valence-corrected chi connectivity index (χ0v) is 11.2. The molecule has 0 bridgehead atoms. The number of rotatable bonds is 3. The highest BCUT2D eigenvalue weighted by molar-refractivity contribution is 7.99. The SMILES string of the molecule is Cl.O=C(CNc1ccccc1)N1CCSCC1. The van der Waals surface area contributed by atoms with Gasteiger partial charge in [-0.15, -0.1) is 12.4 Å². The Hall–Kier alpha value is -0.870. The summed E-state index contributed by atoms with van der Waals surface area (Å²) in [5.74, 6) is 2.33. The standard InChI is InChI=1S/C12H16N2OS.ClH/c15-12(14-6-8-16-9-7-14)10-13-11-4-2-1-3-5-11;/h1-5,13H,6-10H2;1H. The average molecular weight is 273 g/mol. The van der Waals surface area contributed by atoms with E-state index in [-0.39, 0.29) is 18.3 Å². The van der Waals surface area contributed by atoms with Crippen molar-refractivity contribution in [2.24, 2.45) is 0 Å². The minimum atomic E-state index is 0. The Morgan fingerprint density at radius 2 is 1.88 bits per heavy atom. The van der Waals surface area contributed by atoms with Crippen molar-refractivity contribution in [2.45, 2.75) is 0 Å². The summed E-state index contributed by atoms with van der Waals surface area (Å²) in [6.45, 7) is 2.18. The fourth-order valence-electron chi connectivity index (χ4n) is 1.66. The minimum absolute atomic E-state index is 0. The predicted octanol–water partition coefficient (Wildman–Crippen LogP) is 2.10. The van der Waals surface area contributed by atoms with Crippen LogP contribution in [-0.4, -0.2) is 41.9 Å². The zero-order valence-electron chi connectivity index (χ0n) is 9.59. The molecule has 1 N–H and O–H groups in total. The second-order valence-corrected chi connectivity index (χ2v) is 4.94. The normalized spacial score (nSPS) is 14.9. The molecular weight excluding hydrogens is 256 g/mol. The smallest absolute Gasteiger partial charge is 0.241 e. The van der Waals surface area contributed by atoms with Gasteiger partial charge in [-0.2, -0.15) is 11.8 Å². The van der Waals surface area contributed by atoms with E-state index in [9.17, 15) is 4.79 Å². The molecule has 1 aromatic carbocycles. The highest BCUT2D eigenvalue weighted by Crippen LogP contribution is 2.10. The number of amides is 1. The maximum atomic E-state index is 11.8. The Bertz CT molecular complexity index is 342. The van der Waals surface area contributed by atoms with Gasteiger partial charge in [-0.05, 0) is 12.1 Å². The lowest BCUT2D eigenvalue weighted by atomic mass is 10.3. The lowest BCUT2D eigenvalue weighted by Crippen LogP contribution is -2.41. The van der Waals surface area contributed by atoms with Gasteiger partial charge in [-0.3, -0.25) is 4.79 Å². The van der Waals surface area contributed by atoms with Gasteiger partial charge in [0.2, 0.25) is 5.91 Å². The van der Waals surface area contributed by atoms with Gasteiger partial charge in [0.05, 0.1) is 6.54 Å². The van der Waals surface area contributed by atoms with Crippen molar-refractivity contribution in [2.75, 3.05) is 36.5 Å². The molecule has 0 aliphatic carbocycles. The van der Waals surface area contributed by atoms with Gasteiger partial charge in [0.15, 0.2) is 0 Å². The first kappa shape index (κ1) is 14.2. The van der Waals surface area contributed by atoms with Crippen molar-refractivity contribution in [1.29, 1.82) is 0 Å². The summed E-state index contributed by atoms with van der Waals surface area (Å²) in [5, 5.41) is 3.14. The molecule has 0 spiro atoms.